The van der Waals surface area contributed by atoms with Crippen molar-refractivity contribution in [1.82, 2.24) is 0 Å². The van der Waals surface area contributed by atoms with Crippen LogP contribution in [0.25, 0.3) is 0 Å². The van der Waals surface area contributed by atoms with Crippen molar-refractivity contribution in [2.75, 3.05) is 18.3 Å². The number of hydrogen-bond donors (Lipinski definition) is 1. The van der Waals surface area contributed by atoms with Gasteiger partial charge in [0.05, 0.1) is 41.3 Å². The van der Waals surface area contributed by atoms with Gasteiger partial charge in [-0.1, -0.05) is 0 Å². The zero-order chi connectivity index (χ0) is 25.3. The van der Waals surface area contributed by atoms with E-state index in [2.05, 4.69) is 5.09 Å². The van der Waals surface area contributed by atoms with Gasteiger partial charge in [-0.3, -0.25) is 20.2 Å². The van der Waals surface area contributed by atoms with Gasteiger partial charge in [0.15, 0.2) is 0 Å². The minimum absolute atomic E-state index is 0.0806. The van der Waals surface area contributed by atoms with Gasteiger partial charge in [-0.05, 0) is 47.6 Å². The van der Waals surface area contributed by atoms with E-state index in [9.17, 15) is 29.8 Å². The lowest BCUT2D eigenvalue weighted by atomic mass is 10.2. The minimum atomic E-state index is -3.97. The summed E-state index contributed by atoms with van der Waals surface area (Å²) >= 11 is 0. The number of nitrogens with zero attached hydrogens (tertiary/aromatic N) is 2. The molecule has 13 nitrogen and oxygen atoms in total. The number of esters is 2. The standard InChI is InChI=1S/C19H28N3O10P/c1-7-29-18(23)17(19(24)30-8-2)33(31-12(3)4,32-13(5)6)20-15-10-9-14(21(25)26)11-16(15)22(27)28/h9-13,20H,7-8H2,1-6H3. The van der Waals surface area contributed by atoms with Gasteiger partial charge in [-0.25, -0.2) is 9.59 Å². The Morgan fingerprint density at radius 2 is 1.42 bits per heavy atom. The van der Waals surface area contributed by atoms with Crippen LogP contribution in [0.5, 0.6) is 0 Å². The molecule has 0 aromatic heterocycles. The summed E-state index contributed by atoms with van der Waals surface area (Å²) in [5.41, 5.74) is -1.46. The average molecular weight is 489 g/mol. The summed E-state index contributed by atoms with van der Waals surface area (Å²) in [6.45, 7) is 9.34. The summed E-state index contributed by atoms with van der Waals surface area (Å²) in [6.07, 6.45) is -1.25. The molecule has 1 rings (SSSR count). The van der Waals surface area contributed by atoms with E-state index >= 15 is 0 Å². The Labute approximate surface area is 190 Å². The maximum Gasteiger partial charge on any atom is 0.352 e. The van der Waals surface area contributed by atoms with Crippen molar-refractivity contribution in [3.05, 3.63) is 38.4 Å². The molecule has 0 radical (unpaired) electrons. The molecule has 33 heavy (non-hydrogen) atoms. The number of carbonyl (C=O) groups excluding carboxylic acids is 2. The SMILES string of the molecule is CCOC(=O)C(C(=O)OCC)=P(Nc1ccc([N+](=O)[O-])cc1[N+](=O)[O-])(OC(C)C)OC(C)C. The van der Waals surface area contributed by atoms with Gasteiger partial charge in [-0.2, -0.15) is 0 Å². The summed E-state index contributed by atoms with van der Waals surface area (Å²) in [5, 5.41) is 24.8. The summed E-state index contributed by atoms with van der Waals surface area (Å²) in [7, 11) is -3.97. The van der Waals surface area contributed by atoms with Gasteiger partial charge < -0.3 is 23.6 Å². The molecule has 0 aliphatic carbocycles. The van der Waals surface area contributed by atoms with E-state index in [0.29, 0.717) is 0 Å². The first-order valence-corrected chi connectivity index (χ1v) is 11.7. The number of nitrogens with one attached hydrogen (secondary N) is 1. The van der Waals surface area contributed by atoms with Crippen molar-refractivity contribution in [2.24, 2.45) is 0 Å². The van der Waals surface area contributed by atoms with Crippen molar-refractivity contribution in [3.63, 3.8) is 0 Å². The predicted octanol–water partition coefficient (Wildman–Crippen LogP) is 3.83. The van der Waals surface area contributed by atoms with Crippen LogP contribution >= 0.6 is 7.49 Å². The number of nitro groups is 2. The first kappa shape index (κ1) is 28.0. The molecule has 184 valence electrons. The van der Waals surface area contributed by atoms with Crippen molar-refractivity contribution in [2.45, 2.75) is 53.8 Å². The van der Waals surface area contributed by atoms with E-state index in [0.717, 1.165) is 18.2 Å². The normalized spacial score (nSPS) is 11.3. The minimum Gasteiger partial charge on any atom is -0.462 e. The number of ether oxygens (including phenoxy) is 2. The quantitative estimate of drug-likeness (QED) is 0.149. The highest BCUT2D eigenvalue weighted by Gasteiger charge is 2.40. The van der Waals surface area contributed by atoms with E-state index in [1.807, 2.05) is 0 Å². The monoisotopic (exact) mass is 489 g/mol. The number of hydrogen-bond acceptors (Lipinski definition) is 11. The zero-order valence-electron chi connectivity index (χ0n) is 19.2. The van der Waals surface area contributed by atoms with Crippen molar-refractivity contribution in [1.29, 1.82) is 0 Å². The maximum atomic E-state index is 12.9. The van der Waals surface area contributed by atoms with Crippen molar-refractivity contribution in [3.8, 4) is 0 Å². The Balaban J connectivity index is 4.01. The largest absolute Gasteiger partial charge is 0.462 e. The smallest absolute Gasteiger partial charge is 0.352 e. The van der Waals surface area contributed by atoms with E-state index in [1.54, 1.807) is 27.7 Å². The Morgan fingerprint density at radius 1 is 0.939 bits per heavy atom. The zero-order valence-corrected chi connectivity index (χ0v) is 20.1. The fraction of sp³-hybridized carbons (Fsp3) is 0.526. The molecule has 14 heteroatoms. The fourth-order valence-electron chi connectivity index (χ4n) is 2.59. The topological polar surface area (TPSA) is 169 Å². The van der Waals surface area contributed by atoms with E-state index in [1.165, 1.54) is 13.8 Å². The molecule has 0 saturated heterocycles. The second-order valence-corrected chi connectivity index (χ2v) is 9.17. The Morgan fingerprint density at radius 3 is 1.79 bits per heavy atom. The van der Waals surface area contributed by atoms with Crippen LogP contribution in [-0.2, 0) is 28.1 Å². The van der Waals surface area contributed by atoms with Gasteiger partial charge in [-0.15, -0.1) is 0 Å². The predicted molar refractivity (Wildman–Crippen MR) is 121 cm³/mol. The summed E-state index contributed by atoms with van der Waals surface area (Å²) < 4.78 is 22.0. The van der Waals surface area contributed by atoms with Crippen LogP contribution in [0.15, 0.2) is 18.2 Å². The molecule has 0 fully saturated rings. The van der Waals surface area contributed by atoms with E-state index < -0.39 is 58.2 Å². The summed E-state index contributed by atoms with van der Waals surface area (Å²) in [6, 6.07) is 2.85. The molecule has 0 aliphatic rings. The third-order valence-electron chi connectivity index (χ3n) is 3.61. The summed E-state index contributed by atoms with van der Waals surface area (Å²) in [5.74, 6) is -2.16. The van der Waals surface area contributed by atoms with Crippen LogP contribution in [0.2, 0.25) is 0 Å². The molecule has 0 amide bonds. The molecule has 0 spiro atoms. The third kappa shape index (κ3) is 7.52. The molecule has 0 saturated carbocycles. The third-order valence-corrected chi connectivity index (χ3v) is 6.53. The Bertz CT molecular complexity index is 927. The molecule has 0 aliphatic heterocycles. The second-order valence-electron chi connectivity index (χ2n) is 6.98. The first-order valence-electron chi connectivity index (χ1n) is 10.1. The van der Waals surface area contributed by atoms with Crippen LogP contribution in [0.3, 0.4) is 0 Å². The Hall–Kier alpha value is -3.02. The fourth-order valence-corrected chi connectivity index (χ4v) is 5.37. The van der Waals surface area contributed by atoms with E-state index in [4.69, 9.17) is 18.5 Å². The molecular weight excluding hydrogens is 461 g/mol. The highest BCUT2D eigenvalue weighted by atomic mass is 31.2. The molecule has 0 bridgehead atoms. The number of carbonyl (C=O) groups is 2. The van der Waals surface area contributed by atoms with E-state index in [-0.39, 0.29) is 18.9 Å². The van der Waals surface area contributed by atoms with Crippen LogP contribution in [-0.4, -0.2) is 52.5 Å². The lowest BCUT2D eigenvalue weighted by molar-refractivity contribution is -0.393. The lowest BCUT2D eigenvalue weighted by Gasteiger charge is -2.32. The maximum absolute atomic E-state index is 12.9. The molecule has 1 aromatic carbocycles. The number of nitro benzene ring substituents is 2. The molecule has 0 heterocycles. The van der Waals surface area contributed by atoms with Crippen molar-refractivity contribution < 1.29 is 38.0 Å². The van der Waals surface area contributed by atoms with Crippen molar-refractivity contribution >= 4 is 41.8 Å². The second kappa shape index (κ2) is 12.3. The number of non-ortho nitro benzene ring substituents is 1. The van der Waals surface area contributed by atoms with Gasteiger partial charge in [0, 0.05) is 6.07 Å². The van der Waals surface area contributed by atoms with Crippen LogP contribution in [0.1, 0.15) is 41.5 Å². The lowest BCUT2D eigenvalue weighted by Crippen LogP contribution is -2.33. The molecule has 1 aromatic rings. The van der Waals surface area contributed by atoms with Crippen LogP contribution in [0.4, 0.5) is 17.1 Å². The highest BCUT2D eigenvalue weighted by molar-refractivity contribution is 7.72. The number of anilines is 1. The van der Waals surface area contributed by atoms with Gasteiger partial charge in [0.25, 0.3) is 11.4 Å². The van der Waals surface area contributed by atoms with Gasteiger partial charge in [0.1, 0.15) is 5.69 Å². The molecule has 0 atom stereocenters. The first-order chi connectivity index (χ1) is 15.4. The molecule has 1 N–H and O–H groups in total. The molecule has 0 unspecified atom stereocenters. The van der Waals surface area contributed by atoms with Gasteiger partial charge >= 0.3 is 11.9 Å². The van der Waals surface area contributed by atoms with Crippen LogP contribution < -0.4 is 5.09 Å². The Kier molecular flexibility index (Phi) is 10.4. The highest BCUT2D eigenvalue weighted by Crippen LogP contribution is 2.55. The average Bonchev–Trinajstić information content (AvgIpc) is 2.67. The molecular formula is C19H28N3O10P. The number of rotatable bonds is 12. The van der Waals surface area contributed by atoms with Gasteiger partial charge in [0.2, 0.25) is 12.8 Å². The number of benzene rings is 1. The summed E-state index contributed by atoms with van der Waals surface area (Å²) in [4.78, 5) is 46.8. The van der Waals surface area contributed by atoms with Crippen LogP contribution in [0, 0.1) is 20.2 Å².